The molecule has 0 bridgehead atoms. The van der Waals surface area contributed by atoms with Crippen molar-refractivity contribution in [2.45, 2.75) is 194 Å². The summed E-state index contributed by atoms with van der Waals surface area (Å²) in [5.41, 5.74) is 3.05. The summed E-state index contributed by atoms with van der Waals surface area (Å²) in [7, 11) is 0. The molecule has 0 spiro atoms. The molecule has 70 heavy (non-hydrogen) atoms. The highest BCUT2D eigenvalue weighted by Crippen LogP contribution is 2.70. The third-order valence-corrected chi connectivity index (χ3v) is 23.2. The van der Waals surface area contributed by atoms with E-state index in [0.29, 0.717) is 95.2 Å². The van der Waals surface area contributed by atoms with Crippen LogP contribution in [-0.2, 0) is 9.59 Å². The molecule has 10 nitrogen and oxygen atoms in total. The summed E-state index contributed by atoms with van der Waals surface area (Å²) < 4.78 is 0. The molecule has 8 fully saturated rings. The number of aliphatic hydroxyl groups is 4. The van der Waals surface area contributed by atoms with Gasteiger partial charge in [-0.25, -0.2) is 0 Å². The van der Waals surface area contributed by atoms with Gasteiger partial charge in [0.15, 0.2) is 0 Å². The smallest absolute Gasteiger partial charge is 0.224 e. The van der Waals surface area contributed by atoms with Crippen LogP contribution in [0.25, 0.3) is 0 Å². The topological polar surface area (TPSA) is 164 Å². The number of azo groups is 1. The molecule has 2 amide bonds. The van der Waals surface area contributed by atoms with Crippen molar-refractivity contribution >= 4 is 34.6 Å². The van der Waals surface area contributed by atoms with Gasteiger partial charge in [0.1, 0.15) is 0 Å². The fraction of sp³-hybridized carbons (Fsp3) is 0.767. The maximum Gasteiger partial charge on any atom is 0.224 e. The number of aliphatic hydroxyl groups excluding tert-OH is 4. The maximum atomic E-state index is 13.2. The Morgan fingerprint density at radius 2 is 0.914 bits per heavy atom. The molecule has 0 saturated heterocycles. The lowest BCUT2D eigenvalue weighted by molar-refractivity contribution is -0.175. The van der Waals surface area contributed by atoms with E-state index in [2.05, 4.69) is 62.4 Å². The van der Waals surface area contributed by atoms with Crippen molar-refractivity contribution in [1.82, 2.24) is 0 Å². The third-order valence-electron chi connectivity index (χ3n) is 23.2. The number of rotatable bonds is 12. The van der Waals surface area contributed by atoms with Gasteiger partial charge < -0.3 is 31.1 Å². The molecule has 0 aromatic heterocycles. The molecular formula is C60H88N4O6. The van der Waals surface area contributed by atoms with Crippen molar-refractivity contribution < 1.29 is 30.0 Å². The van der Waals surface area contributed by atoms with Crippen LogP contribution in [0, 0.1) is 92.7 Å². The first-order valence-electron chi connectivity index (χ1n) is 28.4. The van der Waals surface area contributed by atoms with Crippen molar-refractivity contribution in [2.75, 3.05) is 10.6 Å². The molecular weight excluding hydrogens is 873 g/mol. The zero-order valence-corrected chi connectivity index (χ0v) is 43.5. The van der Waals surface area contributed by atoms with E-state index in [0.717, 1.165) is 88.4 Å². The van der Waals surface area contributed by atoms with Gasteiger partial charge in [0, 0.05) is 24.2 Å². The number of amides is 2. The molecule has 2 aromatic carbocycles. The fourth-order valence-electron chi connectivity index (χ4n) is 19.2. The predicted octanol–water partition coefficient (Wildman–Crippen LogP) is 12.8. The van der Waals surface area contributed by atoms with Gasteiger partial charge in [0.2, 0.25) is 11.8 Å². The molecule has 384 valence electrons. The van der Waals surface area contributed by atoms with Crippen molar-refractivity contribution in [3.05, 3.63) is 48.5 Å². The summed E-state index contributed by atoms with van der Waals surface area (Å²) in [5, 5.41) is 59.9. The van der Waals surface area contributed by atoms with Crippen LogP contribution in [0.5, 0.6) is 0 Å². The first-order valence-corrected chi connectivity index (χ1v) is 28.4. The Morgan fingerprint density at radius 1 is 0.529 bits per heavy atom. The lowest BCUT2D eigenvalue weighted by Crippen LogP contribution is -2.58. The quantitative estimate of drug-likeness (QED) is 0.116. The lowest BCUT2D eigenvalue weighted by atomic mass is 9.43. The van der Waals surface area contributed by atoms with Crippen LogP contribution in [0.1, 0.15) is 170 Å². The first kappa shape index (κ1) is 50.4. The highest BCUT2D eigenvalue weighted by atomic mass is 16.3. The second-order valence-electron chi connectivity index (χ2n) is 26.2. The number of anilines is 2. The molecule has 0 aliphatic heterocycles. The van der Waals surface area contributed by atoms with Crippen LogP contribution in [0.2, 0.25) is 0 Å². The van der Waals surface area contributed by atoms with E-state index in [4.69, 9.17) is 0 Å². The van der Waals surface area contributed by atoms with E-state index < -0.39 is 0 Å². The number of nitrogens with zero attached hydrogens (tertiary/aromatic N) is 2. The van der Waals surface area contributed by atoms with Gasteiger partial charge in [-0.15, -0.1) is 0 Å². The van der Waals surface area contributed by atoms with E-state index in [-0.39, 0.29) is 57.9 Å². The van der Waals surface area contributed by atoms with Gasteiger partial charge >= 0.3 is 0 Å². The van der Waals surface area contributed by atoms with Crippen molar-refractivity contribution in [3.63, 3.8) is 0 Å². The van der Waals surface area contributed by atoms with Crippen molar-refractivity contribution in [2.24, 2.45) is 103 Å². The highest BCUT2D eigenvalue weighted by molar-refractivity contribution is 5.91. The minimum absolute atomic E-state index is 0.00513. The molecule has 0 unspecified atom stereocenters. The summed E-state index contributed by atoms with van der Waals surface area (Å²) in [6, 6.07) is 14.9. The van der Waals surface area contributed by atoms with Crippen LogP contribution >= 0.6 is 0 Å². The average molecular weight is 961 g/mol. The predicted molar refractivity (Wildman–Crippen MR) is 276 cm³/mol. The molecule has 8 aliphatic carbocycles. The standard InChI is InChI=1S/C60H88N4O6/c1-35(47-21-23-49-45-19-9-37-31-43(65)27-29-57(37,3)51(45)33-53(67)59(47,49)5)7-25-55(69)61-39-11-15-41(16-12-39)63-64-42-17-13-40(14-18-42)62-56(70)26-8-36(2)48-22-24-50-46-20-10-38-32-44(66)28-30-58(38,4)52(46)34-54(68)60(48,50)6/h11-18,35-38,43-54,65-68H,7-10,19-34H2,1-6H3,(H,61,69)(H,62,70)/t35-,36-,37-,38-,43-,44-,45+,46+,47-,48-,49+,50+,51+,52+,53+,54+,57+,58+,59-,60-/m1/s1. The number of carbonyl (C=O) groups is 2. The van der Waals surface area contributed by atoms with E-state index in [1.165, 1.54) is 38.5 Å². The van der Waals surface area contributed by atoms with Gasteiger partial charge in [0.25, 0.3) is 0 Å². The summed E-state index contributed by atoms with van der Waals surface area (Å²) in [5.74, 6) is 6.13. The number of hydrogen-bond acceptors (Lipinski definition) is 8. The molecule has 0 radical (unpaired) electrons. The first-order chi connectivity index (χ1) is 33.4. The van der Waals surface area contributed by atoms with Gasteiger partial charge in [-0.2, -0.15) is 10.2 Å². The summed E-state index contributed by atoms with van der Waals surface area (Å²) in [4.78, 5) is 26.5. The Kier molecular flexibility index (Phi) is 14.1. The summed E-state index contributed by atoms with van der Waals surface area (Å²) >= 11 is 0. The number of fused-ring (bicyclic) bond motifs is 10. The molecule has 2 aromatic rings. The Morgan fingerprint density at radius 3 is 1.30 bits per heavy atom. The van der Waals surface area contributed by atoms with Crippen LogP contribution in [-0.4, -0.2) is 56.7 Å². The number of carbonyl (C=O) groups excluding carboxylic acids is 2. The largest absolute Gasteiger partial charge is 0.393 e. The monoisotopic (exact) mass is 961 g/mol. The second kappa shape index (κ2) is 19.6. The average Bonchev–Trinajstić information content (AvgIpc) is 3.90. The highest BCUT2D eigenvalue weighted by Gasteiger charge is 2.65. The zero-order chi connectivity index (χ0) is 49.3. The maximum absolute atomic E-state index is 13.2. The van der Waals surface area contributed by atoms with Gasteiger partial charge in [-0.3, -0.25) is 9.59 Å². The number of nitrogens with one attached hydrogen (secondary N) is 2. The lowest BCUT2D eigenvalue weighted by Gasteiger charge is -2.62. The van der Waals surface area contributed by atoms with Crippen molar-refractivity contribution in [3.8, 4) is 0 Å². The van der Waals surface area contributed by atoms with E-state index >= 15 is 0 Å². The zero-order valence-electron chi connectivity index (χ0n) is 43.5. The molecule has 6 N–H and O–H groups in total. The molecule has 0 heterocycles. The van der Waals surface area contributed by atoms with E-state index in [1.807, 2.05) is 48.5 Å². The van der Waals surface area contributed by atoms with Crippen LogP contribution in [0.15, 0.2) is 58.8 Å². The Bertz CT molecular complexity index is 2070. The fourth-order valence-corrected chi connectivity index (χ4v) is 19.2. The van der Waals surface area contributed by atoms with Gasteiger partial charge in [-0.05, 0) is 257 Å². The minimum atomic E-state index is -0.316. The minimum Gasteiger partial charge on any atom is -0.393 e. The molecule has 8 aliphatic rings. The second-order valence-corrected chi connectivity index (χ2v) is 26.2. The number of benzene rings is 2. The van der Waals surface area contributed by atoms with Crippen LogP contribution in [0.4, 0.5) is 22.7 Å². The van der Waals surface area contributed by atoms with E-state index in [9.17, 15) is 30.0 Å². The SMILES string of the molecule is C[C@H](CCC(=O)Nc1ccc(N=Nc2ccc(NC(=O)CC[C@@H](C)[C@H]3CC[C@H]4[C@@H]5CC[C@@H]6C[C@H](O)CC[C@]6(C)[C@H]5C[C@H](O)[C@]34C)cc2)cc1)[C@H]1CC[C@H]2[C@@H]3CC[C@@H]4C[C@H](O)CC[C@]4(C)[C@H]3C[C@H](O)[C@]12C. The van der Waals surface area contributed by atoms with Gasteiger partial charge in [0.05, 0.1) is 35.8 Å². The van der Waals surface area contributed by atoms with E-state index in [1.54, 1.807) is 0 Å². The Balaban J connectivity index is 0.657. The summed E-state index contributed by atoms with van der Waals surface area (Å²) in [6.07, 6.45) is 18.6. The van der Waals surface area contributed by atoms with Crippen molar-refractivity contribution in [1.29, 1.82) is 0 Å². The van der Waals surface area contributed by atoms with Crippen LogP contribution < -0.4 is 10.6 Å². The molecule has 8 saturated carbocycles. The van der Waals surface area contributed by atoms with Crippen LogP contribution in [0.3, 0.4) is 0 Å². The Hall–Kier alpha value is -3.18. The summed E-state index contributed by atoms with van der Waals surface area (Å²) in [6.45, 7) is 14.3. The molecule has 10 rings (SSSR count). The Labute approximate surface area is 419 Å². The third kappa shape index (κ3) is 8.94. The molecule has 20 atom stereocenters. The number of hydrogen-bond donors (Lipinski definition) is 6. The normalized spacial score (nSPS) is 43.9. The van der Waals surface area contributed by atoms with Gasteiger partial charge in [-0.1, -0.05) is 41.5 Å². The molecule has 10 heteroatoms.